The molecule has 0 aliphatic carbocycles. The first-order valence-electron chi connectivity index (χ1n) is 30.9. The number of carbonyl (C=O) groups is 1. The SMILES string of the molecule is CC/C=C\C/C=C\C/C=C\C/C=C\C/C=C\C/C=C\C/C=C\C/C=C\C/C=C\CCCC(=O)NC(CO)C(O)/C=C/CC/C=C/CCCCCCCCCCCCCCCCCCCCCCCCCCCC. The fourth-order valence-corrected chi connectivity index (χ4v) is 8.73. The maximum Gasteiger partial charge on any atom is 0.220 e. The van der Waals surface area contributed by atoms with Gasteiger partial charge in [-0.2, -0.15) is 0 Å². The first-order valence-corrected chi connectivity index (χ1v) is 30.9. The van der Waals surface area contributed by atoms with Crippen LogP contribution >= 0.6 is 0 Å². The predicted molar refractivity (Wildman–Crippen MR) is 326 cm³/mol. The summed E-state index contributed by atoms with van der Waals surface area (Å²) in [6.45, 7) is 4.17. The molecule has 0 aromatic heterocycles. The summed E-state index contributed by atoms with van der Waals surface area (Å²) >= 11 is 0. The number of aliphatic hydroxyl groups excluding tert-OH is 2. The molecule has 0 aromatic rings. The van der Waals surface area contributed by atoms with Gasteiger partial charge in [-0.15, -0.1) is 0 Å². The van der Waals surface area contributed by atoms with Crippen LogP contribution in [0.5, 0.6) is 0 Å². The molecule has 0 aromatic carbocycles. The van der Waals surface area contributed by atoms with E-state index < -0.39 is 12.1 Å². The second-order valence-electron chi connectivity index (χ2n) is 20.4. The second-order valence-corrected chi connectivity index (χ2v) is 20.4. The van der Waals surface area contributed by atoms with Crippen molar-refractivity contribution in [2.24, 2.45) is 0 Å². The third kappa shape index (κ3) is 59.3. The summed E-state index contributed by atoms with van der Waals surface area (Å²) in [6, 6.07) is -0.682. The highest BCUT2D eigenvalue weighted by atomic mass is 16.3. The average Bonchev–Trinajstić information content (AvgIpc) is 3.40. The van der Waals surface area contributed by atoms with Crippen molar-refractivity contribution in [3.05, 3.63) is 134 Å². The van der Waals surface area contributed by atoms with Crippen LogP contribution in [0.2, 0.25) is 0 Å². The number of allylic oxidation sites excluding steroid dienone is 21. The van der Waals surface area contributed by atoms with E-state index in [9.17, 15) is 15.0 Å². The van der Waals surface area contributed by atoms with Crippen molar-refractivity contribution < 1.29 is 15.0 Å². The number of nitrogens with one attached hydrogen (secondary N) is 1. The van der Waals surface area contributed by atoms with Crippen LogP contribution in [-0.2, 0) is 4.79 Å². The van der Waals surface area contributed by atoms with E-state index in [0.29, 0.717) is 6.42 Å². The van der Waals surface area contributed by atoms with E-state index in [0.717, 1.165) is 89.9 Å². The van der Waals surface area contributed by atoms with Crippen molar-refractivity contribution in [2.45, 2.75) is 289 Å². The van der Waals surface area contributed by atoms with Crippen molar-refractivity contribution in [3.63, 3.8) is 0 Å². The van der Waals surface area contributed by atoms with Crippen molar-refractivity contribution in [2.75, 3.05) is 6.61 Å². The van der Waals surface area contributed by atoms with E-state index in [4.69, 9.17) is 0 Å². The number of hydrogen-bond acceptors (Lipinski definition) is 3. The minimum absolute atomic E-state index is 0.135. The third-order valence-electron chi connectivity index (χ3n) is 13.4. The summed E-state index contributed by atoms with van der Waals surface area (Å²) in [5, 5.41) is 23.1. The van der Waals surface area contributed by atoms with E-state index in [1.54, 1.807) is 6.08 Å². The quantitative estimate of drug-likeness (QED) is 0.0420. The molecule has 3 N–H and O–H groups in total. The van der Waals surface area contributed by atoms with Gasteiger partial charge in [0.25, 0.3) is 0 Å². The highest BCUT2D eigenvalue weighted by Gasteiger charge is 2.17. The van der Waals surface area contributed by atoms with Crippen LogP contribution in [0, 0.1) is 0 Å². The first kappa shape index (κ1) is 69.5. The molecule has 2 atom stereocenters. The van der Waals surface area contributed by atoms with Crippen LogP contribution in [0.3, 0.4) is 0 Å². The Hall–Kier alpha value is -3.47. The Kier molecular flexibility index (Phi) is 59.8. The van der Waals surface area contributed by atoms with Gasteiger partial charge in [0.15, 0.2) is 0 Å². The zero-order chi connectivity index (χ0) is 52.7. The average molecular weight is 1010 g/mol. The topological polar surface area (TPSA) is 69.6 Å². The molecule has 2 unspecified atom stereocenters. The van der Waals surface area contributed by atoms with Gasteiger partial charge in [0.2, 0.25) is 5.91 Å². The second kappa shape index (κ2) is 62.8. The van der Waals surface area contributed by atoms with Gasteiger partial charge in [-0.05, 0) is 96.3 Å². The van der Waals surface area contributed by atoms with E-state index in [1.165, 1.54) is 167 Å². The molecule has 0 heterocycles. The molecule has 0 aliphatic rings. The molecule has 73 heavy (non-hydrogen) atoms. The highest BCUT2D eigenvalue weighted by molar-refractivity contribution is 5.76. The van der Waals surface area contributed by atoms with E-state index in [-0.39, 0.29) is 12.5 Å². The summed E-state index contributed by atoms with van der Waals surface area (Å²) in [7, 11) is 0. The summed E-state index contributed by atoms with van der Waals surface area (Å²) < 4.78 is 0. The molecule has 0 saturated heterocycles. The minimum Gasteiger partial charge on any atom is -0.394 e. The van der Waals surface area contributed by atoms with Crippen LogP contribution in [0.1, 0.15) is 277 Å². The Morgan fingerprint density at radius 1 is 0.342 bits per heavy atom. The van der Waals surface area contributed by atoms with Crippen molar-refractivity contribution in [1.82, 2.24) is 5.32 Å². The maximum absolute atomic E-state index is 12.5. The molecule has 4 nitrogen and oxygen atoms in total. The lowest BCUT2D eigenvalue weighted by Gasteiger charge is -2.19. The van der Waals surface area contributed by atoms with Crippen molar-refractivity contribution in [3.8, 4) is 0 Å². The molecule has 0 saturated carbocycles. The first-order chi connectivity index (χ1) is 36.2. The van der Waals surface area contributed by atoms with Gasteiger partial charge >= 0.3 is 0 Å². The number of amides is 1. The van der Waals surface area contributed by atoms with E-state index in [2.05, 4.69) is 141 Å². The molecule has 0 spiro atoms. The fraction of sp³-hybridized carbons (Fsp3) is 0.667. The van der Waals surface area contributed by atoms with Crippen LogP contribution in [0.15, 0.2) is 134 Å². The normalized spacial score (nSPS) is 13.8. The summed E-state index contributed by atoms with van der Waals surface area (Å²) in [5.41, 5.74) is 0. The van der Waals surface area contributed by atoms with Gasteiger partial charge in [0, 0.05) is 6.42 Å². The predicted octanol–water partition coefficient (Wildman–Crippen LogP) is 21.0. The number of carbonyl (C=O) groups excluding carboxylic acids is 1. The number of hydrogen-bond donors (Lipinski definition) is 3. The van der Waals surface area contributed by atoms with Crippen LogP contribution in [-0.4, -0.2) is 34.9 Å². The Morgan fingerprint density at radius 2 is 0.616 bits per heavy atom. The Labute approximate surface area is 453 Å². The van der Waals surface area contributed by atoms with E-state index >= 15 is 0 Å². The molecule has 0 bridgehead atoms. The van der Waals surface area contributed by atoms with Gasteiger partial charge in [-0.3, -0.25) is 4.79 Å². The Bertz CT molecular complexity index is 1470. The molecule has 416 valence electrons. The smallest absolute Gasteiger partial charge is 0.220 e. The lowest BCUT2D eigenvalue weighted by Crippen LogP contribution is -2.45. The standard InChI is InChI=1S/C69H117NO3/c1-3-5-7-9-11-13-15-17-19-21-23-25-27-29-31-33-34-35-37-38-40-42-44-46-48-50-52-54-56-58-60-62-64-68(72)67(66-71)70-69(73)65-63-61-59-57-55-53-51-49-47-45-43-41-39-36-32-30-28-26-24-22-20-18-16-14-12-10-8-6-4-2/h6,8,12,14,18,20,24,26,30,32,39,41,45,47,51,53-54,56-57,59,62,64,67-68,71-72H,3-5,7,9-11,13,15-17,19,21-23,25,27-29,31,33-38,40,42-44,46,48-50,52,55,58,60-61,63,65-66H2,1-2H3,(H,70,73)/b8-6-,14-12-,20-18-,26-24-,32-30-,41-39-,47-45-,53-51-,56-54+,59-57-,64-62+. The van der Waals surface area contributed by atoms with Gasteiger partial charge in [-0.1, -0.05) is 308 Å². The van der Waals surface area contributed by atoms with Gasteiger partial charge in [0.1, 0.15) is 0 Å². The molecule has 1 amide bonds. The molecule has 0 fully saturated rings. The molecule has 0 aliphatic heterocycles. The van der Waals surface area contributed by atoms with Crippen LogP contribution in [0.4, 0.5) is 0 Å². The third-order valence-corrected chi connectivity index (χ3v) is 13.4. The number of rotatable bonds is 55. The summed E-state index contributed by atoms with van der Waals surface area (Å²) in [4.78, 5) is 12.5. The van der Waals surface area contributed by atoms with E-state index in [1.807, 2.05) is 6.08 Å². The van der Waals surface area contributed by atoms with Crippen molar-refractivity contribution in [1.29, 1.82) is 0 Å². The fourth-order valence-electron chi connectivity index (χ4n) is 8.73. The van der Waals surface area contributed by atoms with Gasteiger partial charge in [0.05, 0.1) is 18.8 Å². The number of unbranched alkanes of at least 4 members (excludes halogenated alkanes) is 28. The van der Waals surface area contributed by atoms with Crippen LogP contribution < -0.4 is 5.32 Å². The molecule has 0 radical (unpaired) electrons. The lowest BCUT2D eigenvalue weighted by molar-refractivity contribution is -0.122. The Balaban J connectivity index is 3.66. The summed E-state index contributed by atoms with van der Waals surface area (Å²) in [5.74, 6) is -0.135. The zero-order valence-electron chi connectivity index (χ0n) is 47.9. The molecule has 4 heteroatoms. The van der Waals surface area contributed by atoms with Crippen LogP contribution in [0.25, 0.3) is 0 Å². The largest absolute Gasteiger partial charge is 0.394 e. The molecule has 0 rings (SSSR count). The lowest BCUT2D eigenvalue weighted by atomic mass is 10.0. The molecular formula is C69H117NO3. The van der Waals surface area contributed by atoms with Gasteiger partial charge < -0.3 is 15.5 Å². The van der Waals surface area contributed by atoms with Gasteiger partial charge in [-0.25, -0.2) is 0 Å². The maximum atomic E-state index is 12.5. The molecular weight excluding hydrogens is 891 g/mol. The summed E-state index contributed by atoms with van der Waals surface area (Å²) in [6.07, 6.45) is 97.9. The Morgan fingerprint density at radius 3 is 0.959 bits per heavy atom. The zero-order valence-corrected chi connectivity index (χ0v) is 47.9. The van der Waals surface area contributed by atoms with Crippen molar-refractivity contribution >= 4 is 5.91 Å². The number of aliphatic hydroxyl groups is 2. The monoisotopic (exact) mass is 1010 g/mol. The highest BCUT2D eigenvalue weighted by Crippen LogP contribution is 2.17. The minimum atomic E-state index is -0.898.